The lowest BCUT2D eigenvalue weighted by molar-refractivity contribution is -0.119. The van der Waals surface area contributed by atoms with Crippen molar-refractivity contribution in [3.63, 3.8) is 0 Å². The Hall–Kier alpha value is -4.49. The van der Waals surface area contributed by atoms with Crippen LogP contribution in [0, 0.1) is 0 Å². The van der Waals surface area contributed by atoms with Gasteiger partial charge >= 0.3 is 0 Å². The second-order valence-corrected chi connectivity index (χ2v) is 10.7. The zero-order valence-electron chi connectivity index (χ0n) is 21.1. The number of ketones is 1. The number of hydrogen-bond donors (Lipinski definition) is 0. The van der Waals surface area contributed by atoms with E-state index in [4.69, 9.17) is 0 Å². The zero-order chi connectivity index (χ0) is 25.2. The van der Waals surface area contributed by atoms with Crippen LogP contribution >= 0.6 is 0 Å². The molecule has 180 valence electrons. The van der Waals surface area contributed by atoms with E-state index in [-0.39, 0.29) is 0 Å². The van der Waals surface area contributed by atoms with Gasteiger partial charge in [-0.3, -0.25) is 4.79 Å². The summed E-state index contributed by atoms with van der Waals surface area (Å²) in [7, 11) is 0. The van der Waals surface area contributed by atoms with Gasteiger partial charge in [-0.1, -0.05) is 109 Å². The fraction of sp³-hybridized carbons (Fsp3) is 0.108. The summed E-state index contributed by atoms with van der Waals surface area (Å²) < 4.78 is 0. The molecule has 0 heterocycles. The summed E-state index contributed by atoms with van der Waals surface area (Å²) >= 11 is 0. The lowest BCUT2D eigenvalue weighted by Crippen LogP contribution is -2.03. The van der Waals surface area contributed by atoms with Gasteiger partial charge in [-0.15, -0.1) is 0 Å². The molecule has 0 spiro atoms. The molecule has 8 rings (SSSR count). The van der Waals surface area contributed by atoms with Crippen molar-refractivity contribution in [2.45, 2.75) is 25.7 Å². The molecule has 38 heavy (non-hydrogen) atoms. The van der Waals surface area contributed by atoms with Gasteiger partial charge in [0.1, 0.15) is 5.78 Å². The summed E-state index contributed by atoms with van der Waals surface area (Å²) in [6, 6.07) is 39.7. The fourth-order valence-electron chi connectivity index (χ4n) is 6.70. The predicted octanol–water partition coefficient (Wildman–Crippen LogP) is 9.62. The van der Waals surface area contributed by atoms with E-state index in [9.17, 15) is 4.79 Å². The van der Waals surface area contributed by atoms with Gasteiger partial charge in [-0.2, -0.15) is 0 Å². The number of rotatable bonds is 6. The normalized spacial score (nSPS) is 12.2. The van der Waals surface area contributed by atoms with Crippen molar-refractivity contribution in [2.75, 3.05) is 0 Å². The molecular weight excluding hydrogens is 460 g/mol. The number of benzene rings is 8. The standard InChI is InChI=1S/C37H26O/c38-31(19-15-23-7-9-29-13-11-25-3-1-5-27-17-21-32(23)36(29)34(25)27)20-16-24-8-10-30-14-12-26-4-2-6-28-18-22-33(24)37(30)35(26)28/h1-14,17-18,21-22H,15-16,19-20H2. The van der Waals surface area contributed by atoms with Crippen molar-refractivity contribution in [1.82, 2.24) is 0 Å². The minimum absolute atomic E-state index is 0.335. The monoisotopic (exact) mass is 486 g/mol. The number of carbonyl (C=O) groups excluding carboxylic acids is 1. The third kappa shape index (κ3) is 3.22. The van der Waals surface area contributed by atoms with Crippen molar-refractivity contribution < 1.29 is 4.79 Å². The average Bonchev–Trinajstić information content (AvgIpc) is 2.97. The Morgan fingerprint density at radius 3 is 1.16 bits per heavy atom. The van der Waals surface area contributed by atoms with Gasteiger partial charge in [-0.25, -0.2) is 0 Å². The highest BCUT2D eigenvalue weighted by atomic mass is 16.1. The highest BCUT2D eigenvalue weighted by Gasteiger charge is 2.14. The van der Waals surface area contributed by atoms with Gasteiger partial charge in [0.2, 0.25) is 0 Å². The third-order valence-electron chi connectivity index (χ3n) is 8.58. The van der Waals surface area contributed by atoms with E-state index in [0.717, 1.165) is 12.8 Å². The summed E-state index contributed by atoms with van der Waals surface area (Å²) in [6.45, 7) is 0. The van der Waals surface area contributed by atoms with Gasteiger partial charge in [0.15, 0.2) is 0 Å². The van der Waals surface area contributed by atoms with E-state index in [1.165, 1.54) is 75.8 Å². The molecule has 1 heteroatoms. The van der Waals surface area contributed by atoms with Gasteiger partial charge in [0.05, 0.1) is 0 Å². The Morgan fingerprint density at radius 2 is 0.737 bits per heavy atom. The van der Waals surface area contributed by atoms with E-state index in [0.29, 0.717) is 18.6 Å². The molecular formula is C37H26O. The highest BCUT2D eigenvalue weighted by molar-refractivity contribution is 6.24. The molecule has 0 saturated heterocycles. The maximum atomic E-state index is 13.1. The first-order chi connectivity index (χ1) is 18.7. The maximum absolute atomic E-state index is 13.1. The van der Waals surface area contributed by atoms with E-state index in [2.05, 4.69) is 109 Å². The lowest BCUT2D eigenvalue weighted by atomic mass is 9.89. The zero-order valence-corrected chi connectivity index (χ0v) is 21.1. The van der Waals surface area contributed by atoms with Crippen LogP contribution in [0.5, 0.6) is 0 Å². The Kier molecular flexibility index (Phi) is 4.69. The molecule has 0 aromatic heterocycles. The first-order valence-electron chi connectivity index (χ1n) is 13.6. The molecule has 0 amide bonds. The molecule has 0 atom stereocenters. The van der Waals surface area contributed by atoms with Crippen molar-refractivity contribution in [3.05, 3.63) is 120 Å². The molecule has 0 saturated carbocycles. The van der Waals surface area contributed by atoms with Crippen LogP contribution in [0.25, 0.3) is 64.6 Å². The van der Waals surface area contributed by atoms with E-state index in [1.54, 1.807) is 0 Å². The van der Waals surface area contributed by atoms with Crippen molar-refractivity contribution in [1.29, 1.82) is 0 Å². The van der Waals surface area contributed by atoms with Gasteiger partial charge in [0.25, 0.3) is 0 Å². The summed E-state index contributed by atoms with van der Waals surface area (Å²) in [5.74, 6) is 0.335. The molecule has 8 aromatic rings. The average molecular weight is 487 g/mol. The topological polar surface area (TPSA) is 17.1 Å². The van der Waals surface area contributed by atoms with Gasteiger partial charge < -0.3 is 0 Å². The van der Waals surface area contributed by atoms with E-state index in [1.807, 2.05) is 0 Å². The maximum Gasteiger partial charge on any atom is 0.133 e. The molecule has 0 N–H and O–H groups in total. The van der Waals surface area contributed by atoms with Crippen LogP contribution in [0.3, 0.4) is 0 Å². The van der Waals surface area contributed by atoms with E-state index >= 15 is 0 Å². The van der Waals surface area contributed by atoms with Crippen LogP contribution in [0.1, 0.15) is 24.0 Å². The quantitative estimate of drug-likeness (QED) is 0.214. The largest absolute Gasteiger partial charge is 0.300 e. The Morgan fingerprint density at radius 1 is 0.395 bits per heavy atom. The predicted molar refractivity (Wildman–Crippen MR) is 162 cm³/mol. The smallest absolute Gasteiger partial charge is 0.133 e. The van der Waals surface area contributed by atoms with Crippen LogP contribution in [-0.2, 0) is 17.6 Å². The van der Waals surface area contributed by atoms with Crippen molar-refractivity contribution >= 4 is 70.4 Å². The van der Waals surface area contributed by atoms with Gasteiger partial charge in [-0.05, 0) is 88.6 Å². The molecule has 0 bridgehead atoms. The van der Waals surface area contributed by atoms with E-state index < -0.39 is 0 Å². The molecule has 0 unspecified atom stereocenters. The molecule has 0 aliphatic rings. The minimum atomic E-state index is 0.335. The molecule has 0 aliphatic carbocycles. The Balaban J connectivity index is 1.06. The third-order valence-corrected chi connectivity index (χ3v) is 8.58. The number of carbonyl (C=O) groups is 1. The Bertz CT molecular complexity index is 1960. The minimum Gasteiger partial charge on any atom is -0.300 e. The SMILES string of the molecule is O=C(CCc1ccc2ccc3cccc4ccc1c2c34)CCc1ccc2ccc3cccc4ccc1c2c34. The summed E-state index contributed by atoms with van der Waals surface area (Å²) in [5.41, 5.74) is 2.54. The number of Topliss-reactive ketones (excluding diaryl/α,β-unsaturated/α-hetero) is 1. The van der Waals surface area contributed by atoms with Gasteiger partial charge in [0, 0.05) is 12.8 Å². The summed E-state index contributed by atoms with van der Waals surface area (Å²) in [6.07, 6.45) is 2.72. The van der Waals surface area contributed by atoms with Crippen molar-refractivity contribution in [3.8, 4) is 0 Å². The van der Waals surface area contributed by atoms with Crippen molar-refractivity contribution in [2.24, 2.45) is 0 Å². The van der Waals surface area contributed by atoms with Crippen LogP contribution < -0.4 is 0 Å². The van der Waals surface area contributed by atoms with Crippen LogP contribution in [0.2, 0.25) is 0 Å². The summed E-state index contributed by atoms with van der Waals surface area (Å²) in [4.78, 5) is 13.1. The highest BCUT2D eigenvalue weighted by Crippen LogP contribution is 2.37. The molecule has 0 fully saturated rings. The number of aryl methyl sites for hydroxylation is 2. The molecule has 1 nitrogen and oxygen atoms in total. The molecule has 0 radical (unpaired) electrons. The van der Waals surface area contributed by atoms with Crippen LogP contribution in [-0.4, -0.2) is 5.78 Å². The molecule has 8 aromatic carbocycles. The molecule has 0 aliphatic heterocycles. The lowest BCUT2D eigenvalue weighted by Gasteiger charge is -2.14. The Labute approximate surface area is 221 Å². The second kappa shape index (κ2) is 8.26. The van der Waals surface area contributed by atoms with Crippen LogP contribution in [0.4, 0.5) is 0 Å². The first kappa shape index (κ1) is 21.6. The van der Waals surface area contributed by atoms with Crippen LogP contribution in [0.15, 0.2) is 109 Å². The first-order valence-corrected chi connectivity index (χ1v) is 13.6. The summed E-state index contributed by atoms with van der Waals surface area (Å²) in [5, 5.41) is 15.6. The fourth-order valence-corrected chi connectivity index (χ4v) is 6.70. The number of hydrogen-bond acceptors (Lipinski definition) is 1. The second-order valence-electron chi connectivity index (χ2n) is 10.7.